The molecule has 1 unspecified atom stereocenters. The van der Waals surface area contributed by atoms with E-state index in [0.29, 0.717) is 0 Å². The lowest BCUT2D eigenvalue weighted by molar-refractivity contribution is 0.590. The van der Waals surface area contributed by atoms with Gasteiger partial charge in [-0.05, 0) is 31.7 Å². The van der Waals surface area contributed by atoms with Gasteiger partial charge in [-0.2, -0.15) is 0 Å². The zero-order chi connectivity index (χ0) is 13.1. The summed E-state index contributed by atoms with van der Waals surface area (Å²) in [5.41, 5.74) is 1.07. The van der Waals surface area contributed by atoms with E-state index >= 15 is 0 Å². The zero-order valence-corrected chi connectivity index (χ0v) is 14.1. The molecule has 3 nitrogen and oxygen atoms in total. The van der Waals surface area contributed by atoms with Gasteiger partial charge in [0.1, 0.15) is 10.0 Å². The van der Waals surface area contributed by atoms with Crippen LogP contribution in [-0.4, -0.2) is 16.7 Å². The van der Waals surface area contributed by atoms with Gasteiger partial charge in [0.15, 0.2) is 0 Å². The molecule has 1 aromatic heterocycles. The SMILES string of the molecule is CCNC(C)c1nnc(-c2ccc(Br)cc2Br)s1. The summed E-state index contributed by atoms with van der Waals surface area (Å²) in [6.07, 6.45) is 0. The highest BCUT2D eigenvalue weighted by atomic mass is 79.9. The normalized spacial score (nSPS) is 12.7. The molecule has 96 valence electrons. The summed E-state index contributed by atoms with van der Waals surface area (Å²) >= 11 is 8.62. The van der Waals surface area contributed by atoms with Gasteiger partial charge in [-0.25, -0.2) is 0 Å². The van der Waals surface area contributed by atoms with Gasteiger partial charge in [0.25, 0.3) is 0 Å². The molecule has 0 fully saturated rings. The Labute approximate surface area is 127 Å². The fourth-order valence-corrected chi connectivity index (χ4v) is 3.85. The lowest BCUT2D eigenvalue weighted by Gasteiger charge is -2.06. The van der Waals surface area contributed by atoms with Crippen molar-refractivity contribution in [1.82, 2.24) is 15.5 Å². The molecule has 0 spiro atoms. The highest BCUT2D eigenvalue weighted by Gasteiger charge is 2.13. The first-order valence-corrected chi connectivity index (χ1v) is 8.04. The van der Waals surface area contributed by atoms with E-state index in [-0.39, 0.29) is 6.04 Å². The molecule has 6 heteroatoms. The topological polar surface area (TPSA) is 37.8 Å². The van der Waals surface area contributed by atoms with Gasteiger partial charge in [0.2, 0.25) is 0 Å². The Morgan fingerprint density at radius 3 is 2.78 bits per heavy atom. The molecule has 0 amide bonds. The predicted octanol–water partition coefficient (Wildman–Crippen LogP) is 4.40. The third-order valence-electron chi connectivity index (χ3n) is 2.48. The molecule has 2 aromatic rings. The molecule has 0 radical (unpaired) electrons. The van der Waals surface area contributed by atoms with Crippen LogP contribution in [0.15, 0.2) is 27.1 Å². The summed E-state index contributed by atoms with van der Waals surface area (Å²) in [6.45, 7) is 5.12. The molecular weight excluding hydrogens is 378 g/mol. The van der Waals surface area contributed by atoms with Crippen LogP contribution < -0.4 is 5.32 Å². The van der Waals surface area contributed by atoms with Crippen LogP contribution in [0.25, 0.3) is 10.6 Å². The van der Waals surface area contributed by atoms with E-state index in [1.807, 2.05) is 18.2 Å². The first-order chi connectivity index (χ1) is 8.61. The van der Waals surface area contributed by atoms with E-state index in [1.165, 1.54) is 0 Å². The minimum atomic E-state index is 0.246. The van der Waals surface area contributed by atoms with Crippen molar-refractivity contribution in [1.29, 1.82) is 0 Å². The fourth-order valence-electron chi connectivity index (χ4n) is 1.57. The largest absolute Gasteiger partial charge is 0.308 e. The number of halogens is 2. The van der Waals surface area contributed by atoms with E-state index < -0.39 is 0 Å². The molecule has 0 saturated carbocycles. The number of nitrogens with zero attached hydrogens (tertiary/aromatic N) is 2. The standard InChI is InChI=1S/C12H13Br2N3S/c1-3-15-7(2)11-16-17-12(18-11)9-5-4-8(13)6-10(9)14/h4-7,15H,3H2,1-2H3. The van der Waals surface area contributed by atoms with Crippen LogP contribution >= 0.6 is 43.2 Å². The van der Waals surface area contributed by atoms with Crippen molar-refractivity contribution in [3.8, 4) is 10.6 Å². The molecule has 1 aromatic carbocycles. The second-order valence-corrected chi connectivity index (χ2v) is 6.63. The molecule has 0 aliphatic carbocycles. The van der Waals surface area contributed by atoms with Gasteiger partial charge < -0.3 is 5.32 Å². The van der Waals surface area contributed by atoms with Gasteiger partial charge in [-0.1, -0.05) is 50.1 Å². The number of hydrogen-bond acceptors (Lipinski definition) is 4. The fraction of sp³-hybridized carbons (Fsp3) is 0.333. The summed E-state index contributed by atoms with van der Waals surface area (Å²) in [6, 6.07) is 6.31. The Morgan fingerprint density at radius 1 is 1.33 bits per heavy atom. The number of aromatic nitrogens is 2. The van der Waals surface area contributed by atoms with Crippen molar-refractivity contribution >= 4 is 43.2 Å². The first kappa shape index (κ1) is 14.1. The zero-order valence-electron chi connectivity index (χ0n) is 10.1. The van der Waals surface area contributed by atoms with Crippen LogP contribution in [0, 0.1) is 0 Å². The summed E-state index contributed by atoms with van der Waals surface area (Å²) in [7, 11) is 0. The Kier molecular flexibility index (Phi) is 4.89. The van der Waals surface area contributed by atoms with Crippen LogP contribution in [0.4, 0.5) is 0 Å². The van der Waals surface area contributed by atoms with Crippen molar-refractivity contribution in [3.63, 3.8) is 0 Å². The van der Waals surface area contributed by atoms with Crippen LogP contribution in [0.5, 0.6) is 0 Å². The number of benzene rings is 1. The number of hydrogen-bond donors (Lipinski definition) is 1. The van der Waals surface area contributed by atoms with Crippen molar-refractivity contribution in [3.05, 3.63) is 32.2 Å². The average Bonchev–Trinajstić information content (AvgIpc) is 2.78. The van der Waals surface area contributed by atoms with Gasteiger partial charge in [0.05, 0.1) is 6.04 Å². The lowest BCUT2D eigenvalue weighted by Crippen LogP contribution is -2.17. The molecule has 0 bridgehead atoms. The maximum absolute atomic E-state index is 4.26. The summed E-state index contributed by atoms with van der Waals surface area (Å²) in [4.78, 5) is 0. The van der Waals surface area contributed by atoms with Gasteiger partial charge in [-0.15, -0.1) is 10.2 Å². The Balaban J connectivity index is 2.29. The Morgan fingerprint density at radius 2 is 2.11 bits per heavy atom. The van der Waals surface area contributed by atoms with Gasteiger partial charge in [0, 0.05) is 14.5 Å². The van der Waals surface area contributed by atoms with Crippen molar-refractivity contribution in [2.75, 3.05) is 6.54 Å². The highest BCUT2D eigenvalue weighted by molar-refractivity contribution is 9.11. The van der Waals surface area contributed by atoms with Crippen molar-refractivity contribution < 1.29 is 0 Å². The molecule has 0 aliphatic rings. The Bertz CT molecular complexity index is 542. The molecule has 18 heavy (non-hydrogen) atoms. The second kappa shape index (κ2) is 6.23. The third-order valence-corrected chi connectivity index (χ3v) is 4.77. The van der Waals surface area contributed by atoms with Crippen LogP contribution in [0.1, 0.15) is 24.9 Å². The highest BCUT2D eigenvalue weighted by Crippen LogP contribution is 2.33. The van der Waals surface area contributed by atoms with E-state index in [9.17, 15) is 0 Å². The smallest absolute Gasteiger partial charge is 0.148 e. The van der Waals surface area contributed by atoms with Crippen molar-refractivity contribution in [2.24, 2.45) is 0 Å². The van der Waals surface area contributed by atoms with Gasteiger partial charge in [-0.3, -0.25) is 0 Å². The maximum atomic E-state index is 4.26. The lowest BCUT2D eigenvalue weighted by atomic mass is 10.2. The van der Waals surface area contributed by atoms with E-state index in [4.69, 9.17) is 0 Å². The summed E-state index contributed by atoms with van der Waals surface area (Å²) in [5, 5.41) is 13.8. The summed E-state index contributed by atoms with van der Waals surface area (Å²) in [5.74, 6) is 0. The number of nitrogens with one attached hydrogen (secondary N) is 1. The minimum absolute atomic E-state index is 0.246. The molecular formula is C12H13Br2N3S. The quantitative estimate of drug-likeness (QED) is 0.840. The summed E-state index contributed by atoms with van der Waals surface area (Å²) < 4.78 is 2.07. The predicted molar refractivity (Wildman–Crippen MR) is 82.8 cm³/mol. The van der Waals surface area contributed by atoms with E-state index in [2.05, 4.69) is 61.2 Å². The minimum Gasteiger partial charge on any atom is -0.308 e. The molecule has 2 rings (SSSR count). The first-order valence-electron chi connectivity index (χ1n) is 5.64. The Hall–Kier alpha value is -0.300. The molecule has 1 heterocycles. The second-order valence-electron chi connectivity index (χ2n) is 3.85. The van der Waals surface area contributed by atoms with Crippen LogP contribution in [-0.2, 0) is 0 Å². The molecule has 0 aliphatic heterocycles. The van der Waals surface area contributed by atoms with E-state index in [0.717, 1.165) is 31.1 Å². The molecule has 0 saturated heterocycles. The van der Waals surface area contributed by atoms with Crippen LogP contribution in [0.2, 0.25) is 0 Å². The van der Waals surface area contributed by atoms with E-state index in [1.54, 1.807) is 11.3 Å². The van der Waals surface area contributed by atoms with Crippen molar-refractivity contribution in [2.45, 2.75) is 19.9 Å². The molecule has 1 atom stereocenters. The monoisotopic (exact) mass is 389 g/mol. The maximum Gasteiger partial charge on any atom is 0.148 e. The third kappa shape index (κ3) is 3.17. The number of rotatable bonds is 4. The van der Waals surface area contributed by atoms with Crippen LogP contribution in [0.3, 0.4) is 0 Å². The molecule has 1 N–H and O–H groups in total. The van der Waals surface area contributed by atoms with Gasteiger partial charge >= 0.3 is 0 Å². The average molecular weight is 391 g/mol.